The number of benzene rings is 1. The van der Waals surface area contributed by atoms with Crippen LogP contribution in [-0.4, -0.2) is 30.3 Å². The predicted octanol–water partition coefficient (Wildman–Crippen LogP) is 4.60. The van der Waals surface area contributed by atoms with Gasteiger partial charge in [0.25, 0.3) is 0 Å². The SMILES string of the molecule is CCNC(=NCc1ccc(COCC(F)(F)F)cc1)NCc1csc(C(C)C)n1. The number of alkyl halides is 3. The number of halogens is 3. The van der Waals surface area contributed by atoms with Crippen molar-refractivity contribution in [1.29, 1.82) is 0 Å². The molecule has 0 amide bonds. The molecule has 0 bridgehead atoms. The van der Waals surface area contributed by atoms with Gasteiger partial charge < -0.3 is 15.4 Å². The second kappa shape index (κ2) is 11.2. The van der Waals surface area contributed by atoms with E-state index >= 15 is 0 Å². The zero-order chi connectivity index (χ0) is 21.3. The van der Waals surface area contributed by atoms with Gasteiger partial charge in [-0.2, -0.15) is 13.2 Å². The molecule has 0 aliphatic carbocycles. The first-order valence-electron chi connectivity index (χ1n) is 9.45. The maximum absolute atomic E-state index is 12.1. The molecule has 0 aliphatic heterocycles. The quantitative estimate of drug-likeness (QED) is 0.453. The van der Waals surface area contributed by atoms with Gasteiger partial charge in [0.15, 0.2) is 5.96 Å². The molecule has 0 spiro atoms. The summed E-state index contributed by atoms with van der Waals surface area (Å²) in [6, 6.07) is 7.19. The number of hydrogen-bond acceptors (Lipinski definition) is 4. The molecule has 2 aromatic rings. The Kier molecular flexibility index (Phi) is 8.91. The van der Waals surface area contributed by atoms with E-state index in [1.165, 1.54) is 0 Å². The molecule has 0 unspecified atom stereocenters. The Morgan fingerprint density at radius 2 is 1.86 bits per heavy atom. The van der Waals surface area contributed by atoms with Crippen LogP contribution in [0, 0.1) is 0 Å². The van der Waals surface area contributed by atoms with E-state index in [9.17, 15) is 13.2 Å². The standard InChI is InChI=1S/C20H27F3N4OS/c1-4-24-19(26-10-17-12-29-18(27-17)14(2)3)25-9-15-5-7-16(8-6-15)11-28-13-20(21,22)23/h5-8,12,14H,4,9-11,13H2,1-3H3,(H2,24,25,26). The van der Waals surface area contributed by atoms with Crippen molar-refractivity contribution < 1.29 is 17.9 Å². The summed E-state index contributed by atoms with van der Waals surface area (Å²) >= 11 is 1.66. The number of nitrogens with zero attached hydrogens (tertiary/aromatic N) is 2. The maximum Gasteiger partial charge on any atom is 0.411 e. The highest BCUT2D eigenvalue weighted by atomic mass is 32.1. The van der Waals surface area contributed by atoms with Crippen molar-refractivity contribution >= 4 is 17.3 Å². The van der Waals surface area contributed by atoms with Gasteiger partial charge in [0.1, 0.15) is 6.61 Å². The summed E-state index contributed by atoms with van der Waals surface area (Å²) in [5.74, 6) is 1.10. The topological polar surface area (TPSA) is 58.5 Å². The van der Waals surface area contributed by atoms with Gasteiger partial charge in [-0.1, -0.05) is 38.1 Å². The molecule has 0 saturated carbocycles. The van der Waals surface area contributed by atoms with Crippen molar-refractivity contribution in [2.24, 2.45) is 4.99 Å². The largest absolute Gasteiger partial charge is 0.411 e. The van der Waals surface area contributed by atoms with Gasteiger partial charge in [-0.3, -0.25) is 0 Å². The molecule has 0 saturated heterocycles. The first kappa shape index (κ1) is 23.2. The van der Waals surface area contributed by atoms with E-state index in [0.29, 0.717) is 30.5 Å². The average Bonchev–Trinajstić information content (AvgIpc) is 3.13. The van der Waals surface area contributed by atoms with Gasteiger partial charge in [0.2, 0.25) is 0 Å². The van der Waals surface area contributed by atoms with Crippen LogP contribution >= 0.6 is 11.3 Å². The molecule has 5 nitrogen and oxygen atoms in total. The summed E-state index contributed by atoms with van der Waals surface area (Å²) in [5, 5.41) is 9.62. The summed E-state index contributed by atoms with van der Waals surface area (Å²) in [4.78, 5) is 9.16. The zero-order valence-corrected chi connectivity index (χ0v) is 17.7. The van der Waals surface area contributed by atoms with Crippen molar-refractivity contribution in [2.75, 3.05) is 13.2 Å². The first-order chi connectivity index (χ1) is 13.8. The van der Waals surface area contributed by atoms with E-state index in [1.54, 1.807) is 23.5 Å². The lowest BCUT2D eigenvalue weighted by Gasteiger charge is -2.11. The lowest BCUT2D eigenvalue weighted by Crippen LogP contribution is -2.36. The Labute approximate surface area is 173 Å². The van der Waals surface area contributed by atoms with Crippen LogP contribution in [0.15, 0.2) is 34.6 Å². The molecule has 0 radical (unpaired) electrons. The summed E-state index contributed by atoms with van der Waals surface area (Å²) in [7, 11) is 0. The smallest absolute Gasteiger partial charge is 0.367 e. The summed E-state index contributed by atoms with van der Waals surface area (Å²) < 4.78 is 41.0. The van der Waals surface area contributed by atoms with Crippen LogP contribution < -0.4 is 10.6 Å². The highest BCUT2D eigenvalue weighted by Gasteiger charge is 2.27. The molecule has 0 aliphatic rings. The lowest BCUT2D eigenvalue weighted by molar-refractivity contribution is -0.176. The number of aromatic nitrogens is 1. The molecule has 1 heterocycles. The Morgan fingerprint density at radius 3 is 2.45 bits per heavy atom. The molecule has 9 heteroatoms. The highest BCUT2D eigenvalue weighted by molar-refractivity contribution is 7.09. The fourth-order valence-electron chi connectivity index (χ4n) is 2.38. The van der Waals surface area contributed by atoms with Crippen LogP contribution in [0.25, 0.3) is 0 Å². The molecule has 2 rings (SSSR count). The first-order valence-corrected chi connectivity index (χ1v) is 10.3. The van der Waals surface area contributed by atoms with E-state index < -0.39 is 12.8 Å². The minimum atomic E-state index is -4.31. The molecule has 1 aromatic carbocycles. The minimum absolute atomic E-state index is 0.0702. The molecule has 2 N–H and O–H groups in total. The third-order valence-corrected chi connectivity index (χ3v) is 5.02. The summed E-state index contributed by atoms with van der Waals surface area (Å²) in [6.45, 7) is 6.69. The molecule has 1 aromatic heterocycles. The Hall–Kier alpha value is -2.13. The number of rotatable bonds is 9. The Morgan fingerprint density at radius 1 is 1.17 bits per heavy atom. The van der Waals surface area contributed by atoms with E-state index in [2.05, 4.69) is 39.2 Å². The lowest BCUT2D eigenvalue weighted by atomic mass is 10.1. The van der Waals surface area contributed by atoms with Crippen LogP contribution in [0.2, 0.25) is 0 Å². The van der Waals surface area contributed by atoms with Gasteiger partial charge in [0.05, 0.1) is 30.4 Å². The van der Waals surface area contributed by atoms with Crippen molar-refractivity contribution in [1.82, 2.24) is 15.6 Å². The Balaban J connectivity index is 1.86. The molecular formula is C20H27F3N4OS. The monoisotopic (exact) mass is 428 g/mol. The fraction of sp³-hybridized carbons (Fsp3) is 0.500. The number of nitrogens with one attached hydrogen (secondary N) is 2. The second-order valence-corrected chi connectivity index (χ2v) is 7.69. The molecule has 0 atom stereocenters. The number of thiazole rings is 1. The van der Waals surface area contributed by atoms with Crippen LogP contribution in [0.5, 0.6) is 0 Å². The van der Waals surface area contributed by atoms with Crippen LogP contribution in [0.1, 0.15) is 48.5 Å². The maximum atomic E-state index is 12.1. The molecule has 0 fully saturated rings. The van der Waals surface area contributed by atoms with Crippen molar-refractivity contribution in [3.05, 3.63) is 51.5 Å². The fourth-order valence-corrected chi connectivity index (χ4v) is 3.22. The summed E-state index contributed by atoms with van der Waals surface area (Å²) in [5.41, 5.74) is 2.63. The minimum Gasteiger partial charge on any atom is -0.367 e. The van der Waals surface area contributed by atoms with Crippen molar-refractivity contribution in [3.63, 3.8) is 0 Å². The van der Waals surface area contributed by atoms with Gasteiger partial charge >= 0.3 is 6.18 Å². The van der Waals surface area contributed by atoms with Gasteiger partial charge in [0, 0.05) is 17.8 Å². The number of guanidine groups is 1. The third-order valence-electron chi connectivity index (χ3n) is 3.82. The van der Waals surface area contributed by atoms with E-state index in [0.717, 1.165) is 22.8 Å². The van der Waals surface area contributed by atoms with Crippen molar-refractivity contribution in [3.8, 4) is 0 Å². The van der Waals surface area contributed by atoms with Crippen LogP contribution in [0.3, 0.4) is 0 Å². The molecule has 160 valence electrons. The number of hydrogen-bond donors (Lipinski definition) is 2. The second-order valence-electron chi connectivity index (χ2n) is 6.80. The third kappa shape index (κ3) is 8.82. The average molecular weight is 429 g/mol. The molecular weight excluding hydrogens is 401 g/mol. The number of ether oxygens (including phenoxy) is 1. The van der Waals surface area contributed by atoms with Crippen LogP contribution in [0.4, 0.5) is 13.2 Å². The van der Waals surface area contributed by atoms with Gasteiger partial charge in [-0.05, 0) is 18.1 Å². The van der Waals surface area contributed by atoms with E-state index in [1.807, 2.05) is 24.4 Å². The Bertz CT molecular complexity index is 773. The van der Waals surface area contributed by atoms with Crippen molar-refractivity contribution in [2.45, 2.75) is 52.6 Å². The van der Waals surface area contributed by atoms with Gasteiger partial charge in [-0.25, -0.2) is 9.98 Å². The summed E-state index contributed by atoms with van der Waals surface area (Å²) in [6.07, 6.45) is -4.31. The van der Waals surface area contributed by atoms with E-state index in [4.69, 9.17) is 0 Å². The van der Waals surface area contributed by atoms with E-state index in [-0.39, 0.29) is 6.61 Å². The highest BCUT2D eigenvalue weighted by Crippen LogP contribution is 2.19. The predicted molar refractivity (Wildman–Crippen MR) is 110 cm³/mol. The molecule has 29 heavy (non-hydrogen) atoms. The normalized spacial score (nSPS) is 12.4. The van der Waals surface area contributed by atoms with Crippen LogP contribution in [-0.2, 0) is 24.4 Å². The van der Waals surface area contributed by atoms with Gasteiger partial charge in [-0.15, -0.1) is 11.3 Å². The number of aliphatic imine (C=N–C) groups is 1. The zero-order valence-electron chi connectivity index (χ0n) is 16.8.